The number of carbonyl (C=O) groups is 1. The molecule has 164 valence electrons. The molecule has 0 aliphatic carbocycles. The van der Waals surface area contributed by atoms with Crippen LogP contribution in [-0.2, 0) is 10.2 Å². The van der Waals surface area contributed by atoms with E-state index in [1.54, 1.807) is 0 Å². The van der Waals surface area contributed by atoms with E-state index >= 15 is 0 Å². The van der Waals surface area contributed by atoms with Gasteiger partial charge in [-0.25, -0.2) is 0 Å². The Kier molecular flexibility index (Phi) is 5.69. The van der Waals surface area contributed by atoms with Crippen LogP contribution in [0.15, 0.2) is 48.5 Å². The van der Waals surface area contributed by atoms with E-state index in [9.17, 15) is 4.79 Å². The molecule has 2 aromatic carbocycles. The summed E-state index contributed by atoms with van der Waals surface area (Å²) in [4.78, 5) is 14.9. The van der Waals surface area contributed by atoms with Crippen molar-refractivity contribution in [2.24, 2.45) is 0 Å². The van der Waals surface area contributed by atoms with Crippen molar-refractivity contribution in [3.8, 4) is 11.5 Å². The predicted molar refractivity (Wildman–Crippen MR) is 125 cm³/mol. The number of carbonyl (C=O) groups excluding carboxylic acids is 1. The van der Waals surface area contributed by atoms with Gasteiger partial charge in [-0.05, 0) is 48.7 Å². The molecule has 1 saturated heterocycles. The molecule has 2 heterocycles. The number of hydrogen-bond donors (Lipinski definition) is 1. The number of fused-ring (bicyclic) bond motifs is 3. The highest BCUT2D eigenvalue weighted by atomic mass is 16.5. The van der Waals surface area contributed by atoms with Gasteiger partial charge in [0, 0.05) is 24.1 Å². The highest BCUT2D eigenvalue weighted by Gasteiger charge is 2.57. The summed E-state index contributed by atoms with van der Waals surface area (Å²) < 4.78 is 11.7. The molecule has 1 fully saturated rings. The normalized spacial score (nSPS) is 21.5. The van der Waals surface area contributed by atoms with Gasteiger partial charge in [-0.3, -0.25) is 4.79 Å². The average molecular weight is 421 g/mol. The van der Waals surface area contributed by atoms with Gasteiger partial charge in [0.1, 0.15) is 5.66 Å². The quantitative estimate of drug-likeness (QED) is 0.692. The molecule has 2 aliphatic rings. The molecule has 1 atom stereocenters. The summed E-state index contributed by atoms with van der Waals surface area (Å²) >= 11 is 0. The standard InChI is InChI=1S/C26H32N2O3/c1-5-17-31-22-12-11-19(18-23(22)30-6-2)13-15-26-25(3,4)20-9-7-8-10-21(20)28(26)16-14-24(29)27-26/h7-13,15,18H,5-6,14,16-17H2,1-4H3,(H,27,29)/b15-13+. The number of hydrogen-bond acceptors (Lipinski definition) is 4. The van der Waals surface area contributed by atoms with E-state index in [2.05, 4.69) is 67.4 Å². The van der Waals surface area contributed by atoms with Gasteiger partial charge in [0.15, 0.2) is 11.5 Å². The van der Waals surface area contributed by atoms with Gasteiger partial charge in [-0.1, -0.05) is 51.1 Å². The van der Waals surface area contributed by atoms with Crippen molar-refractivity contribution in [1.29, 1.82) is 0 Å². The maximum absolute atomic E-state index is 12.5. The maximum atomic E-state index is 12.5. The first-order valence-corrected chi connectivity index (χ1v) is 11.2. The van der Waals surface area contributed by atoms with Crippen molar-refractivity contribution in [1.82, 2.24) is 5.32 Å². The summed E-state index contributed by atoms with van der Waals surface area (Å²) in [5.41, 5.74) is 2.54. The molecule has 0 bridgehead atoms. The zero-order valence-corrected chi connectivity index (χ0v) is 18.9. The SMILES string of the molecule is CCCOc1ccc(/C=C/C23NC(=O)CCN2c2ccccc2C3(C)C)cc1OCC. The highest BCUT2D eigenvalue weighted by Crippen LogP contribution is 2.52. The van der Waals surface area contributed by atoms with E-state index in [0.717, 1.165) is 23.5 Å². The Morgan fingerprint density at radius 2 is 1.90 bits per heavy atom. The first-order chi connectivity index (χ1) is 14.9. The third-order valence-corrected chi connectivity index (χ3v) is 6.39. The van der Waals surface area contributed by atoms with Crippen LogP contribution < -0.4 is 19.7 Å². The van der Waals surface area contributed by atoms with Crippen LogP contribution in [0.4, 0.5) is 5.69 Å². The minimum atomic E-state index is -0.616. The summed E-state index contributed by atoms with van der Waals surface area (Å²) in [7, 11) is 0. The van der Waals surface area contributed by atoms with Crippen LogP contribution in [0.2, 0.25) is 0 Å². The lowest BCUT2D eigenvalue weighted by molar-refractivity contribution is -0.124. The van der Waals surface area contributed by atoms with Gasteiger partial charge in [-0.2, -0.15) is 0 Å². The summed E-state index contributed by atoms with van der Waals surface area (Å²) in [6.07, 6.45) is 5.67. The molecule has 5 heteroatoms. The van der Waals surface area contributed by atoms with Crippen LogP contribution >= 0.6 is 0 Å². The summed E-state index contributed by atoms with van der Waals surface area (Å²) in [6.45, 7) is 10.4. The molecule has 0 radical (unpaired) electrons. The number of nitrogens with one attached hydrogen (secondary N) is 1. The van der Waals surface area contributed by atoms with Crippen LogP contribution in [0.3, 0.4) is 0 Å². The van der Waals surface area contributed by atoms with E-state index in [0.29, 0.717) is 26.2 Å². The molecule has 5 nitrogen and oxygen atoms in total. The second kappa shape index (κ2) is 8.29. The van der Waals surface area contributed by atoms with Gasteiger partial charge in [0.05, 0.1) is 13.2 Å². The molecule has 2 aliphatic heterocycles. The third-order valence-electron chi connectivity index (χ3n) is 6.39. The highest BCUT2D eigenvalue weighted by molar-refractivity contribution is 5.84. The smallest absolute Gasteiger partial charge is 0.223 e. The number of amides is 1. The monoisotopic (exact) mass is 420 g/mol. The fourth-order valence-corrected chi connectivity index (χ4v) is 4.76. The molecule has 1 unspecified atom stereocenters. The Morgan fingerprint density at radius 1 is 1.10 bits per heavy atom. The lowest BCUT2D eigenvalue weighted by Gasteiger charge is -2.49. The first kappa shape index (κ1) is 21.3. The molecular weight excluding hydrogens is 388 g/mol. The number of ether oxygens (including phenoxy) is 2. The van der Waals surface area contributed by atoms with E-state index in [1.165, 1.54) is 11.3 Å². The molecule has 0 spiro atoms. The molecule has 31 heavy (non-hydrogen) atoms. The lowest BCUT2D eigenvalue weighted by atomic mass is 9.74. The van der Waals surface area contributed by atoms with Gasteiger partial charge < -0.3 is 19.7 Å². The number of anilines is 1. The average Bonchev–Trinajstić information content (AvgIpc) is 2.96. The maximum Gasteiger partial charge on any atom is 0.223 e. The minimum Gasteiger partial charge on any atom is -0.490 e. The number of para-hydroxylation sites is 1. The molecule has 0 aromatic heterocycles. The summed E-state index contributed by atoms with van der Waals surface area (Å²) in [5.74, 6) is 1.59. The third kappa shape index (κ3) is 3.56. The topological polar surface area (TPSA) is 50.8 Å². The summed E-state index contributed by atoms with van der Waals surface area (Å²) in [6, 6.07) is 14.5. The van der Waals surface area contributed by atoms with Crippen LogP contribution in [0, 0.1) is 0 Å². The van der Waals surface area contributed by atoms with E-state index in [-0.39, 0.29) is 11.3 Å². The lowest BCUT2D eigenvalue weighted by Crippen LogP contribution is -2.68. The van der Waals surface area contributed by atoms with Crippen molar-refractivity contribution in [3.05, 3.63) is 59.7 Å². The van der Waals surface area contributed by atoms with E-state index in [4.69, 9.17) is 9.47 Å². The second-order valence-corrected chi connectivity index (χ2v) is 8.68. The minimum absolute atomic E-state index is 0.0834. The fraction of sp³-hybridized carbons (Fsp3) is 0.423. The zero-order valence-electron chi connectivity index (χ0n) is 18.9. The molecule has 0 saturated carbocycles. The Morgan fingerprint density at radius 3 is 2.68 bits per heavy atom. The van der Waals surface area contributed by atoms with Crippen molar-refractivity contribution in [2.45, 2.75) is 51.6 Å². The molecule has 1 amide bonds. The van der Waals surface area contributed by atoms with Gasteiger partial charge >= 0.3 is 0 Å². The first-order valence-electron chi connectivity index (χ1n) is 11.2. The Balaban J connectivity index is 1.73. The van der Waals surface area contributed by atoms with E-state index < -0.39 is 5.66 Å². The Hall–Kier alpha value is -2.95. The molecular formula is C26H32N2O3. The fourth-order valence-electron chi connectivity index (χ4n) is 4.76. The van der Waals surface area contributed by atoms with Crippen LogP contribution in [0.25, 0.3) is 6.08 Å². The van der Waals surface area contributed by atoms with Gasteiger partial charge in [-0.15, -0.1) is 0 Å². The van der Waals surface area contributed by atoms with Crippen LogP contribution in [0.1, 0.15) is 51.7 Å². The van der Waals surface area contributed by atoms with Crippen LogP contribution in [-0.4, -0.2) is 31.3 Å². The molecule has 4 rings (SSSR count). The molecule has 1 N–H and O–H groups in total. The number of nitrogens with zero attached hydrogens (tertiary/aromatic N) is 1. The largest absolute Gasteiger partial charge is 0.490 e. The van der Waals surface area contributed by atoms with Crippen LogP contribution in [0.5, 0.6) is 11.5 Å². The van der Waals surface area contributed by atoms with Crippen molar-refractivity contribution < 1.29 is 14.3 Å². The van der Waals surface area contributed by atoms with Crippen molar-refractivity contribution in [3.63, 3.8) is 0 Å². The Bertz CT molecular complexity index is 998. The number of rotatable bonds is 7. The number of benzene rings is 2. The van der Waals surface area contributed by atoms with Crippen molar-refractivity contribution >= 4 is 17.7 Å². The van der Waals surface area contributed by atoms with Crippen molar-refractivity contribution in [2.75, 3.05) is 24.7 Å². The predicted octanol–water partition coefficient (Wildman–Crippen LogP) is 4.90. The van der Waals surface area contributed by atoms with E-state index in [1.807, 2.05) is 25.1 Å². The summed E-state index contributed by atoms with van der Waals surface area (Å²) in [5, 5.41) is 3.32. The zero-order chi connectivity index (χ0) is 22.1. The Labute approximate surface area is 185 Å². The van der Waals surface area contributed by atoms with Gasteiger partial charge in [0.25, 0.3) is 0 Å². The second-order valence-electron chi connectivity index (χ2n) is 8.68. The van der Waals surface area contributed by atoms with Gasteiger partial charge in [0.2, 0.25) is 5.91 Å². The molecule has 2 aromatic rings.